The normalized spacial score (nSPS) is 24.7. The van der Waals surface area contributed by atoms with Crippen molar-refractivity contribution in [2.75, 3.05) is 0 Å². The lowest BCUT2D eigenvalue weighted by atomic mass is 9.70. The van der Waals surface area contributed by atoms with Gasteiger partial charge in [0.1, 0.15) is 11.6 Å². The van der Waals surface area contributed by atoms with E-state index < -0.39 is 0 Å². The molecule has 2 aliphatic rings. The molecule has 0 radical (unpaired) electrons. The highest BCUT2D eigenvalue weighted by molar-refractivity contribution is 5.51. The molecule has 0 atom stereocenters. The Kier molecular flexibility index (Phi) is 4.89. The Morgan fingerprint density at radius 2 is 1.70 bits per heavy atom. The fourth-order valence-corrected chi connectivity index (χ4v) is 5.22. The van der Waals surface area contributed by atoms with Crippen LogP contribution in [0.4, 0.5) is 0 Å². The van der Waals surface area contributed by atoms with E-state index in [9.17, 15) is 4.79 Å². The largest absolute Gasteiger partial charge is 0.307 e. The van der Waals surface area contributed by atoms with Gasteiger partial charge in [0.25, 0.3) is 5.56 Å². The summed E-state index contributed by atoms with van der Waals surface area (Å²) in [7, 11) is 0. The second kappa shape index (κ2) is 7.06. The molecule has 0 spiro atoms. The van der Waals surface area contributed by atoms with E-state index in [-0.39, 0.29) is 5.56 Å². The molecule has 4 rings (SSSR count). The predicted octanol–water partition coefficient (Wildman–Crippen LogP) is 4.96. The van der Waals surface area contributed by atoms with E-state index in [0.29, 0.717) is 22.8 Å². The maximum atomic E-state index is 12.9. The smallest absolute Gasteiger partial charge is 0.277 e. The summed E-state index contributed by atoms with van der Waals surface area (Å²) >= 11 is 0. The standard InChI is InChI=1S/C22H34N4O/c1-5-17-18-21(27)24-19(14-8-6-7-9-14)25-26(18)20(23-17)15-10-12-16(13-11-15)22(2,3)4/h14-16H,5-13H2,1-4H3,(H,24,25,27). The molecule has 5 nitrogen and oxygen atoms in total. The summed E-state index contributed by atoms with van der Waals surface area (Å²) in [4.78, 5) is 20.9. The maximum Gasteiger partial charge on any atom is 0.277 e. The Hall–Kier alpha value is -1.65. The van der Waals surface area contributed by atoms with E-state index in [1.165, 1.54) is 25.7 Å². The van der Waals surface area contributed by atoms with Gasteiger partial charge in [-0.3, -0.25) is 4.79 Å². The van der Waals surface area contributed by atoms with Crippen molar-refractivity contribution in [1.82, 2.24) is 19.6 Å². The third kappa shape index (κ3) is 3.45. The van der Waals surface area contributed by atoms with Gasteiger partial charge in [0.2, 0.25) is 0 Å². The van der Waals surface area contributed by atoms with Gasteiger partial charge in [-0.2, -0.15) is 5.10 Å². The maximum absolute atomic E-state index is 12.9. The average molecular weight is 371 g/mol. The van der Waals surface area contributed by atoms with Gasteiger partial charge in [-0.15, -0.1) is 0 Å². The first-order chi connectivity index (χ1) is 12.9. The number of imidazole rings is 1. The van der Waals surface area contributed by atoms with Crippen LogP contribution >= 0.6 is 0 Å². The van der Waals surface area contributed by atoms with Gasteiger partial charge >= 0.3 is 0 Å². The summed E-state index contributed by atoms with van der Waals surface area (Å²) < 4.78 is 1.92. The van der Waals surface area contributed by atoms with Crippen molar-refractivity contribution in [1.29, 1.82) is 0 Å². The van der Waals surface area contributed by atoms with E-state index in [4.69, 9.17) is 10.1 Å². The van der Waals surface area contributed by atoms with Crippen molar-refractivity contribution in [3.8, 4) is 0 Å². The third-order valence-corrected chi connectivity index (χ3v) is 7.01. The van der Waals surface area contributed by atoms with E-state index in [1.807, 2.05) is 4.52 Å². The Labute approximate surface area is 162 Å². The SMILES string of the molecule is CCc1nc(C2CCC(C(C)(C)C)CC2)n2nc(C3CCCC3)[nH]c(=O)c12. The molecule has 0 aromatic carbocycles. The number of hydrogen-bond acceptors (Lipinski definition) is 3. The Bertz CT molecular complexity index is 859. The third-order valence-electron chi connectivity index (χ3n) is 7.01. The summed E-state index contributed by atoms with van der Waals surface area (Å²) in [5, 5.41) is 4.93. The molecule has 0 bridgehead atoms. The minimum Gasteiger partial charge on any atom is -0.307 e. The van der Waals surface area contributed by atoms with Gasteiger partial charge in [0, 0.05) is 11.8 Å². The lowest BCUT2D eigenvalue weighted by molar-refractivity contribution is 0.166. The Morgan fingerprint density at radius 1 is 1.04 bits per heavy atom. The zero-order valence-electron chi connectivity index (χ0n) is 17.3. The number of H-pyrrole nitrogens is 1. The van der Waals surface area contributed by atoms with Crippen LogP contribution in [-0.2, 0) is 6.42 Å². The number of hydrogen-bond donors (Lipinski definition) is 1. The molecule has 2 aliphatic carbocycles. The van der Waals surface area contributed by atoms with Crippen LogP contribution in [0, 0.1) is 11.3 Å². The molecular weight excluding hydrogens is 336 g/mol. The minimum absolute atomic E-state index is 0.00845. The second-order valence-electron chi connectivity index (χ2n) is 9.77. The van der Waals surface area contributed by atoms with Crippen LogP contribution in [0.5, 0.6) is 0 Å². The van der Waals surface area contributed by atoms with Crippen molar-refractivity contribution in [2.45, 2.75) is 97.3 Å². The molecule has 2 fully saturated rings. The summed E-state index contributed by atoms with van der Waals surface area (Å²) in [6.45, 7) is 9.14. The lowest BCUT2D eigenvalue weighted by Crippen LogP contribution is -2.26. The number of nitrogens with one attached hydrogen (secondary N) is 1. The van der Waals surface area contributed by atoms with Crippen molar-refractivity contribution < 1.29 is 0 Å². The van der Waals surface area contributed by atoms with Gasteiger partial charge in [0.05, 0.1) is 5.69 Å². The van der Waals surface area contributed by atoms with Gasteiger partial charge in [-0.1, -0.05) is 40.5 Å². The van der Waals surface area contributed by atoms with E-state index in [0.717, 1.165) is 55.4 Å². The zero-order valence-corrected chi connectivity index (χ0v) is 17.3. The Morgan fingerprint density at radius 3 is 2.30 bits per heavy atom. The molecule has 2 saturated carbocycles. The minimum atomic E-state index is -0.00845. The molecule has 0 unspecified atom stereocenters. The van der Waals surface area contributed by atoms with Crippen LogP contribution in [0.2, 0.25) is 0 Å². The van der Waals surface area contributed by atoms with Crippen LogP contribution in [0.15, 0.2) is 4.79 Å². The Balaban J connectivity index is 1.71. The van der Waals surface area contributed by atoms with Crippen LogP contribution in [0.25, 0.3) is 5.52 Å². The van der Waals surface area contributed by atoms with Crippen LogP contribution < -0.4 is 5.56 Å². The van der Waals surface area contributed by atoms with Gasteiger partial charge < -0.3 is 4.98 Å². The molecule has 2 aromatic rings. The van der Waals surface area contributed by atoms with Crippen LogP contribution in [-0.4, -0.2) is 19.6 Å². The number of aromatic amines is 1. The number of aryl methyl sites for hydroxylation is 1. The van der Waals surface area contributed by atoms with Crippen LogP contribution in [0.1, 0.15) is 108 Å². The van der Waals surface area contributed by atoms with Crippen molar-refractivity contribution in [2.24, 2.45) is 11.3 Å². The quantitative estimate of drug-likeness (QED) is 0.831. The van der Waals surface area contributed by atoms with Gasteiger partial charge in [-0.25, -0.2) is 9.50 Å². The number of aromatic nitrogens is 4. The summed E-state index contributed by atoms with van der Waals surface area (Å²) in [6, 6.07) is 0. The molecule has 2 aromatic heterocycles. The summed E-state index contributed by atoms with van der Waals surface area (Å²) in [5.41, 5.74) is 1.94. The van der Waals surface area contributed by atoms with Crippen molar-refractivity contribution in [3.63, 3.8) is 0 Å². The molecule has 0 aliphatic heterocycles. The summed E-state index contributed by atoms with van der Waals surface area (Å²) in [6.07, 6.45) is 10.3. The molecule has 0 amide bonds. The molecule has 5 heteroatoms. The number of nitrogens with zero attached hydrogens (tertiary/aromatic N) is 3. The molecule has 0 saturated heterocycles. The van der Waals surface area contributed by atoms with Crippen molar-refractivity contribution >= 4 is 5.52 Å². The van der Waals surface area contributed by atoms with E-state index >= 15 is 0 Å². The lowest BCUT2D eigenvalue weighted by Gasteiger charge is -2.36. The zero-order chi connectivity index (χ0) is 19.2. The molecule has 2 heterocycles. The number of fused-ring (bicyclic) bond motifs is 1. The van der Waals surface area contributed by atoms with E-state index in [1.54, 1.807) is 0 Å². The highest BCUT2D eigenvalue weighted by atomic mass is 16.1. The van der Waals surface area contributed by atoms with E-state index in [2.05, 4.69) is 32.7 Å². The fourth-order valence-electron chi connectivity index (χ4n) is 5.22. The van der Waals surface area contributed by atoms with Gasteiger partial charge in [-0.05, 0) is 56.3 Å². The molecule has 27 heavy (non-hydrogen) atoms. The molecule has 148 valence electrons. The molecule has 1 N–H and O–H groups in total. The molecular formula is C22H34N4O. The highest BCUT2D eigenvalue weighted by Gasteiger charge is 2.33. The first kappa shape index (κ1) is 18.7. The predicted molar refractivity (Wildman–Crippen MR) is 108 cm³/mol. The first-order valence-electron chi connectivity index (χ1n) is 10.9. The second-order valence-corrected chi connectivity index (χ2v) is 9.77. The fraction of sp³-hybridized carbons (Fsp3) is 0.773. The summed E-state index contributed by atoms with van der Waals surface area (Å²) in [5.74, 6) is 3.49. The monoisotopic (exact) mass is 370 g/mol. The van der Waals surface area contributed by atoms with Crippen LogP contribution in [0.3, 0.4) is 0 Å². The number of rotatable bonds is 3. The highest BCUT2D eigenvalue weighted by Crippen LogP contribution is 2.43. The average Bonchev–Trinajstić information content (AvgIpc) is 3.29. The van der Waals surface area contributed by atoms with Crippen molar-refractivity contribution in [3.05, 3.63) is 27.7 Å². The van der Waals surface area contributed by atoms with Gasteiger partial charge in [0.15, 0.2) is 5.52 Å². The first-order valence-corrected chi connectivity index (χ1v) is 10.9. The topological polar surface area (TPSA) is 63.1 Å².